The molecule has 500 valence electrons. The van der Waals surface area contributed by atoms with Gasteiger partial charge in [0.1, 0.15) is 17.2 Å². The molecule has 0 unspecified atom stereocenters. The maximum atomic E-state index is 12.8. The number of alkyl halides is 3. The predicted octanol–water partition coefficient (Wildman–Crippen LogP) is 23.4. The normalized spacial score (nSPS) is 11.1. The molecular weight excluding hydrogens is 1430 g/mol. The van der Waals surface area contributed by atoms with Crippen LogP contribution in [0.3, 0.4) is 0 Å². The maximum absolute atomic E-state index is 12.8. The SMILES string of the molecule is C=Cc1c(C)cc2cccnc2c1-c1ccc(Cl)cc1.COc1c(C)cc2cccnc2c1-c1ccc(Cl)cc1.COc1c(C)cc2cccnc2c1Br.Cc1cc2cccnc2c(-c2ccc(Cl)cc2)c1O.Cc1cc2cccnc2c(-c2ccc(Cl)cc2)c1OS(=O)(=O)C(F)(F)F. The Balaban J connectivity index is 0.000000135. The Kier molecular flexibility index (Phi) is 22.9. The first-order valence-corrected chi connectivity index (χ1v) is 34.1. The van der Waals surface area contributed by atoms with Gasteiger partial charge < -0.3 is 18.8 Å². The first-order valence-electron chi connectivity index (χ1n) is 30.4. The average Bonchev–Trinajstić information content (AvgIpc) is 0.775. The van der Waals surface area contributed by atoms with Gasteiger partial charge in [-0.3, -0.25) is 24.9 Å². The molecule has 99 heavy (non-hydrogen) atoms. The summed E-state index contributed by atoms with van der Waals surface area (Å²) in [5.41, 5.74) is 10.6. The van der Waals surface area contributed by atoms with E-state index in [1.807, 2.05) is 148 Å². The van der Waals surface area contributed by atoms with Gasteiger partial charge in [-0.15, -0.1) is 0 Å². The molecule has 0 bridgehead atoms. The molecule has 0 aliphatic carbocycles. The first kappa shape index (κ1) is 72.1. The van der Waals surface area contributed by atoms with Crippen molar-refractivity contribution in [3.05, 3.63) is 284 Å². The van der Waals surface area contributed by atoms with E-state index < -0.39 is 21.4 Å². The van der Waals surface area contributed by atoms with Gasteiger partial charge in [-0.2, -0.15) is 21.6 Å². The van der Waals surface area contributed by atoms with Crippen LogP contribution in [0.1, 0.15) is 33.4 Å². The number of benzene rings is 9. The lowest BCUT2D eigenvalue weighted by Crippen LogP contribution is -2.28. The molecule has 11 nitrogen and oxygen atoms in total. The van der Waals surface area contributed by atoms with Gasteiger partial charge >= 0.3 is 15.6 Å². The monoisotopic (exact) mass is 1480 g/mol. The summed E-state index contributed by atoms with van der Waals surface area (Å²) in [6.07, 6.45) is 10.5. The van der Waals surface area contributed by atoms with Crippen molar-refractivity contribution in [1.82, 2.24) is 24.9 Å². The number of halogens is 8. The summed E-state index contributed by atoms with van der Waals surface area (Å²) < 4.78 is 77.8. The number of aromatic hydroxyl groups is 1. The van der Waals surface area contributed by atoms with E-state index in [1.54, 1.807) is 57.1 Å². The van der Waals surface area contributed by atoms with Crippen LogP contribution in [0.2, 0.25) is 20.1 Å². The third-order valence-electron chi connectivity index (χ3n) is 15.9. The summed E-state index contributed by atoms with van der Waals surface area (Å²) in [4.78, 5) is 21.9. The molecule has 5 heterocycles. The van der Waals surface area contributed by atoms with Gasteiger partial charge in [-0.1, -0.05) is 138 Å². The highest BCUT2D eigenvalue weighted by atomic mass is 79.9. The van der Waals surface area contributed by atoms with Gasteiger partial charge in [-0.25, -0.2) is 0 Å². The van der Waals surface area contributed by atoms with Crippen LogP contribution in [-0.4, -0.2) is 58.2 Å². The van der Waals surface area contributed by atoms with Crippen LogP contribution < -0.4 is 13.7 Å². The smallest absolute Gasteiger partial charge is 0.507 e. The fourth-order valence-corrected chi connectivity index (χ4v) is 13.2. The van der Waals surface area contributed by atoms with Crippen molar-refractivity contribution >= 4 is 133 Å². The van der Waals surface area contributed by atoms with E-state index in [2.05, 4.69) is 88.9 Å². The summed E-state index contributed by atoms with van der Waals surface area (Å²) in [6, 6.07) is 58.3. The summed E-state index contributed by atoms with van der Waals surface area (Å²) >= 11 is 27.2. The zero-order chi connectivity index (χ0) is 70.9. The van der Waals surface area contributed by atoms with Crippen LogP contribution in [-0.2, 0) is 10.1 Å². The second-order valence-electron chi connectivity index (χ2n) is 22.5. The Labute approximate surface area is 599 Å². The summed E-state index contributed by atoms with van der Waals surface area (Å²) in [7, 11) is -2.47. The molecule has 0 aliphatic rings. The van der Waals surface area contributed by atoms with Crippen molar-refractivity contribution in [3.8, 4) is 67.5 Å². The molecule has 20 heteroatoms. The molecule has 5 aromatic heterocycles. The number of methoxy groups -OCH3 is 2. The molecular formula is C79H61BrCl4F3N5O6S. The van der Waals surface area contributed by atoms with Gasteiger partial charge in [-0.05, 0) is 215 Å². The van der Waals surface area contributed by atoms with Crippen LogP contribution in [0.4, 0.5) is 13.2 Å². The molecule has 1 N–H and O–H groups in total. The standard InChI is InChI=1S/C18H14ClN.C17H11ClF3NO3S.C17H14ClNO.C16H12ClNO.C11H10BrNO/c1-3-16-12(2)11-14-5-4-10-20-18(14)17(16)13-6-8-15(19)9-7-13;1-10-9-12-3-2-8-22-15(12)14(11-4-6-13(18)7-5-11)16(10)25-26(23,24)17(19,20)21;1-11-10-13-4-3-9-19-16(13)15(17(11)20-2)12-5-7-14(18)8-6-12;1-10-9-12-3-2-8-18-15(12)14(16(10)19)11-4-6-13(17)7-5-11;1-7-6-8-4-3-5-13-10(8)9(12)11(7)14-2/h3-11H,1H2,2H3;2-9H,1H3;3-10H,1-2H3;2-9,19H,1H3;3-6H,1-2H3. The lowest BCUT2D eigenvalue weighted by atomic mass is 9.93. The maximum Gasteiger partial charge on any atom is 0.534 e. The number of aromatic nitrogens is 5. The largest absolute Gasteiger partial charge is 0.534 e. The summed E-state index contributed by atoms with van der Waals surface area (Å²) in [6.45, 7) is 13.5. The minimum Gasteiger partial charge on any atom is -0.507 e. The first-order chi connectivity index (χ1) is 47.4. The molecule has 14 aromatic rings. The van der Waals surface area contributed by atoms with Crippen molar-refractivity contribution in [2.24, 2.45) is 0 Å². The van der Waals surface area contributed by atoms with E-state index >= 15 is 0 Å². The van der Waals surface area contributed by atoms with E-state index in [0.717, 1.165) is 125 Å². The van der Waals surface area contributed by atoms with Crippen molar-refractivity contribution in [3.63, 3.8) is 0 Å². The lowest BCUT2D eigenvalue weighted by Gasteiger charge is -2.17. The van der Waals surface area contributed by atoms with E-state index in [-0.39, 0.29) is 16.9 Å². The predicted molar refractivity (Wildman–Crippen MR) is 402 cm³/mol. The van der Waals surface area contributed by atoms with Gasteiger partial charge in [0.05, 0.1) is 63.0 Å². The Hall–Kier alpha value is -9.65. The third-order valence-corrected chi connectivity index (χ3v) is 18.6. The highest BCUT2D eigenvalue weighted by Crippen LogP contribution is 2.44. The minimum atomic E-state index is -5.83. The van der Waals surface area contributed by atoms with Gasteiger partial charge in [0, 0.05) is 83.6 Å². The van der Waals surface area contributed by atoms with Gasteiger partial charge in [0.25, 0.3) is 0 Å². The third kappa shape index (κ3) is 16.2. The molecule has 9 aromatic carbocycles. The second-order valence-corrected chi connectivity index (χ2v) is 26.6. The van der Waals surface area contributed by atoms with Crippen molar-refractivity contribution < 1.29 is 40.4 Å². The number of rotatable bonds is 9. The number of aryl methyl sites for hydroxylation is 5. The van der Waals surface area contributed by atoms with Crippen molar-refractivity contribution in [2.45, 2.75) is 40.1 Å². The quantitative estimate of drug-likeness (QED) is 0.109. The van der Waals surface area contributed by atoms with Crippen LogP contribution in [0.5, 0.6) is 23.0 Å². The number of hydrogen-bond acceptors (Lipinski definition) is 11. The second kappa shape index (κ2) is 31.5. The zero-order valence-electron chi connectivity index (χ0n) is 54.2. The Morgan fingerprint density at radius 3 is 1.09 bits per heavy atom. The number of phenols is 1. The molecule has 0 fully saturated rings. The van der Waals surface area contributed by atoms with Crippen LogP contribution in [0, 0.1) is 34.6 Å². The molecule has 14 rings (SSSR count). The number of ether oxygens (including phenoxy) is 2. The highest BCUT2D eigenvalue weighted by molar-refractivity contribution is 9.10. The molecule has 0 aliphatic heterocycles. The van der Waals surface area contributed by atoms with E-state index in [9.17, 15) is 26.7 Å². The summed E-state index contributed by atoms with van der Waals surface area (Å²) in [5.74, 6) is 1.57. The molecule has 0 spiro atoms. The molecule has 0 amide bonds. The topological polar surface area (TPSA) is 147 Å². The van der Waals surface area contributed by atoms with Gasteiger partial charge in [0.2, 0.25) is 0 Å². The van der Waals surface area contributed by atoms with Crippen molar-refractivity contribution in [2.75, 3.05) is 14.2 Å². The Morgan fingerprint density at radius 1 is 0.424 bits per heavy atom. The minimum absolute atomic E-state index is 0.144. The van der Waals surface area contributed by atoms with Crippen LogP contribution >= 0.6 is 62.3 Å². The fraction of sp³-hybridized carbons (Fsp3) is 0.101. The average molecular weight is 1490 g/mol. The molecule has 0 atom stereocenters. The van der Waals surface area contributed by atoms with Gasteiger partial charge in [0.15, 0.2) is 5.75 Å². The van der Waals surface area contributed by atoms with E-state index in [4.69, 9.17) is 55.9 Å². The van der Waals surface area contributed by atoms with Crippen molar-refractivity contribution in [1.29, 1.82) is 0 Å². The lowest BCUT2D eigenvalue weighted by molar-refractivity contribution is -0.0500. The molecule has 0 radical (unpaired) electrons. The molecule has 0 saturated heterocycles. The zero-order valence-corrected chi connectivity index (χ0v) is 59.7. The number of fused-ring (bicyclic) bond motifs is 5. The van der Waals surface area contributed by atoms with E-state index in [1.165, 1.54) is 36.9 Å². The Bertz CT molecular complexity index is 5430. The Morgan fingerprint density at radius 2 is 0.717 bits per heavy atom. The van der Waals surface area contributed by atoms with Crippen LogP contribution in [0.15, 0.2) is 230 Å². The highest BCUT2D eigenvalue weighted by Gasteiger charge is 2.49. The number of nitrogens with zero attached hydrogens (tertiary/aromatic N) is 5. The number of phenolic OH excluding ortho intramolecular Hbond substituents is 1. The number of hydrogen-bond donors (Lipinski definition) is 1. The fourth-order valence-electron chi connectivity index (χ4n) is 11.3. The number of pyridine rings is 5. The molecule has 0 saturated carbocycles. The van der Waals surface area contributed by atoms with E-state index in [0.29, 0.717) is 26.5 Å². The van der Waals surface area contributed by atoms with Crippen LogP contribution in [0.25, 0.3) is 105 Å². The summed E-state index contributed by atoms with van der Waals surface area (Å²) in [5, 5.41) is 17.9.